The first-order valence-corrected chi connectivity index (χ1v) is 14.0. The van der Waals surface area contributed by atoms with E-state index in [0.717, 1.165) is 22.2 Å². The van der Waals surface area contributed by atoms with Gasteiger partial charge in [-0.3, -0.25) is 13.9 Å². The van der Waals surface area contributed by atoms with Crippen LogP contribution in [0, 0.1) is 11.6 Å². The lowest BCUT2D eigenvalue weighted by Crippen LogP contribution is -2.53. The summed E-state index contributed by atoms with van der Waals surface area (Å²) >= 11 is 0. The molecule has 0 aliphatic carbocycles. The van der Waals surface area contributed by atoms with Crippen LogP contribution in [-0.4, -0.2) is 50.5 Å². The average molecular weight is 544 g/mol. The number of nitrogens with zero attached hydrogens (tertiary/aromatic N) is 2. The Morgan fingerprint density at radius 2 is 1.58 bits per heavy atom. The van der Waals surface area contributed by atoms with Gasteiger partial charge in [-0.1, -0.05) is 55.5 Å². The molecule has 0 aliphatic rings. The van der Waals surface area contributed by atoms with Gasteiger partial charge in [0.15, 0.2) is 0 Å². The summed E-state index contributed by atoms with van der Waals surface area (Å²) in [4.78, 5) is 28.5. The van der Waals surface area contributed by atoms with Crippen LogP contribution in [0.4, 0.5) is 14.5 Å². The van der Waals surface area contributed by atoms with E-state index in [4.69, 9.17) is 0 Å². The average Bonchev–Trinajstić information content (AvgIpc) is 2.88. The number of rotatable bonds is 12. The van der Waals surface area contributed by atoms with E-state index in [0.29, 0.717) is 18.5 Å². The molecule has 2 amide bonds. The zero-order chi connectivity index (χ0) is 27.7. The number of nitrogens with one attached hydrogen (secondary N) is 1. The highest BCUT2D eigenvalue weighted by Crippen LogP contribution is 2.21. The summed E-state index contributed by atoms with van der Waals surface area (Å²) in [6.07, 6.45) is 1.77. The van der Waals surface area contributed by atoms with Crippen LogP contribution in [0.5, 0.6) is 0 Å². The minimum Gasteiger partial charge on any atom is -0.354 e. The molecule has 0 aliphatic heterocycles. The van der Waals surface area contributed by atoms with Crippen molar-refractivity contribution in [1.29, 1.82) is 0 Å². The van der Waals surface area contributed by atoms with Crippen molar-refractivity contribution in [1.82, 2.24) is 10.2 Å². The van der Waals surface area contributed by atoms with E-state index in [1.165, 1.54) is 47.4 Å². The molecule has 0 heterocycles. The van der Waals surface area contributed by atoms with Crippen molar-refractivity contribution in [2.75, 3.05) is 23.7 Å². The molecule has 0 unspecified atom stereocenters. The first-order valence-electron chi connectivity index (χ1n) is 12.2. The van der Waals surface area contributed by atoms with Gasteiger partial charge in [0.25, 0.3) is 0 Å². The molecule has 0 radical (unpaired) electrons. The number of halogens is 2. The molecule has 38 heavy (non-hydrogen) atoms. The molecular formula is C28H31F2N3O4S. The summed E-state index contributed by atoms with van der Waals surface area (Å²) in [5, 5.41) is 2.83. The van der Waals surface area contributed by atoms with E-state index in [9.17, 15) is 26.8 Å². The smallest absolute Gasteiger partial charge is 0.244 e. The SMILES string of the molecule is CCCNC(=O)[C@@H](Cc1ccccc1)N(Cc1ccc(F)cc1)C(=O)CN(c1cccc(F)c1)S(C)(=O)=O. The monoisotopic (exact) mass is 543 g/mol. The van der Waals surface area contributed by atoms with Crippen molar-refractivity contribution in [3.63, 3.8) is 0 Å². The second-order valence-electron chi connectivity index (χ2n) is 8.89. The molecule has 3 aromatic rings. The molecule has 3 aromatic carbocycles. The van der Waals surface area contributed by atoms with Gasteiger partial charge >= 0.3 is 0 Å². The predicted octanol–water partition coefficient (Wildman–Crippen LogP) is 3.90. The predicted molar refractivity (Wildman–Crippen MR) is 143 cm³/mol. The lowest BCUT2D eigenvalue weighted by molar-refractivity contribution is -0.140. The Balaban J connectivity index is 2.03. The molecule has 0 fully saturated rings. The van der Waals surface area contributed by atoms with Crippen LogP contribution in [0.2, 0.25) is 0 Å². The molecule has 1 N–H and O–H groups in total. The van der Waals surface area contributed by atoms with E-state index in [1.54, 1.807) is 0 Å². The number of sulfonamides is 1. The Morgan fingerprint density at radius 3 is 2.18 bits per heavy atom. The van der Waals surface area contributed by atoms with Gasteiger partial charge in [0, 0.05) is 19.5 Å². The summed E-state index contributed by atoms with van der Waals surface area (Å²) < 4.78 is 53.6. The van der Waals surface area contributed by atoms with Crippen LogP contribution in [0.25, 0.3) is 0 Å². The Labute approximate surface area is 222 Å². The van der Waals surface area contributed by atoms with Crippen LogP contribution in [0.1, 0.15) is 24.5 Å². The molecule has 0 bridgehead atoms. The fourth-order valence-corrected chi connectivity index (χ4v) is 4.79. The molecular weight excluding hydrogens is 512 g/mol. The number of benzene rings is 3. The maximum Gasteiger partial charge on any atom is 0.244 e. The highest BCUT2D eigenvalue weighted by molar-refractivity contribution is 7.92. The first-order chi connectivity index (χ1) is 18.1. The van der Waals surface area contributed by atoms with Crippen molar-refractivity contribution in [2.24, 2.45) is 0 Å². The minimum atomic E-state index is -3.99. The van der Waals surface area contributed by atoms with Crippen LogP contribution in [0.3, 0.4) is 0 Å². The van der Waals surface area contributed by atoms with Crippen LogP contribution < -0.4 is 9.62 Å². The summed E-state index contributed by atoms with van der Waals surface area (Å²) in [5.41, 5.74) is 1.33. The van der Waals surface area contributed by atoms with Crippen LogP contribution in [0.15, 0.2) is 78.9 Å². The second-order valence-corrected chi connectivity index (χ2v) is 10.8. The van der Waals surface area contributed by atoms with Crippen molar-refractivity contribution >= 4 is 27.5 Å². The van der Waals surface area contributed by atoms with E-state index >= 15 is 0 Å². The van der Waals surface area contributed by atoms with E-state index < -0.39 is 46.1 Å². The largest absolute Gasteiger partial charge is 0.354 e. The second kappa shape index (κ2) is 13.1. The molecule has 0 saturated carbocycles. The van der Waals surface area contributed by atoms with Crippen LogP contribution in [-0.2, 0) is 32.6 Å². The lowest BCUT2D eigenvalue weighted by atomic mass is 10.0. The summed E-state index contributed by atoms with van der Waals surface area (Å²) in [5.74, 6) is -2.19. The molecule has 202 valence electrons. The maximum absolute atomic E-state index is 13.9. The highest BCUT2D eigenvalue weighted by atomic mass is 32.2. The minimum absolute atomic E-state index is 0.0161. The fraction of sp³-hybridized carbons (Fsp3) is 0.286. The Kier molecular flexibility index (Phi) is 9.95. The van der Waals surface area contributed by atoms with Gasteiger partial charge in [-0.15, -0.1) is 0 Å². The Bertz CT molecular complexity index is 1340. The van der Waals surface area contributed by atoms with Gasteiger partial charge in [-0.05, 0) is 47.9 Å². The molecule has 7 nitrogen and oxygen atoms in total. The molecule has 0 spiro atoms. The normalized spacial score (nSPS) is 12.0. The number of carbonyl (C=O) groups is 2. The zero-order valence-corrected chi connectivity index (χ0v) is 22.1. The van der Waals surface area contributed by atoms with Gasteiger partial charge in [0.05, 0.1) is 11.9 Å². The van der Waals surface area contributed by atoms with Gasteiger partial charge in [0.1, 0.15) is 24.2 Å². The van der Waals surface area contributed by atoms with Crippen molar-refractivity contribution in [2.45, 2.75) is 32.4 Å². The summed E-state index contributed by atoms with van der Waals surface area (Å²) in [6, 6.07) is 18.6. The first kappa shape index (κ1) is 28.8. The molecule has 0 aromatic heterocycles. The van der Waals surface area contributed by atoms with Crippen molar-refractivity contribution in [3.05, 3.63) is 102 Å². The Hall–Kier alpha value is -3.79. The standard InChI is InChI=1S/C28H31F2N3O4S/c1-3-16-31-28(35)26(17-21-8-5-4-6-9-21)32(19-22-12-14-23(29)15-13-22)27(34)20-33(38(2,36)37)25-11-7-10-24(30)18-25/h4-15,18,26H,3,16-17,19-20H2,1-2H3,(H,31,35)/t26-/m1/s1. The number of anilines is 1. The molecule has 0 saturated heterocycles. The molecule has 1 atom stereocenters. The highest BCUT2D eigenvalue weighted by Gasteiger charge is 2.33. The molecule has 10 heteroatoms. The third-order valence-electron chi connectivity index (χ3n) is 5.86. The lowest BCUT2D eigenvalue weighted by Gasteiger charge is -2.33. The topological polar surface area (TPSA) is 86.8 Å². The number of hydrogen-bond donors (Lipinski definition) is 1. The fourth-order valence-electron chi connectivity index (χ4n) is 3.95. The summed E-state index contributed by atoms with van der Waals surface area (Å²) in [6.45, 7) is 1.56. The Morgan fingerprint density at radius 1 is 0.895 bits per heavy atom. The van der Waals surface area contributed by atoms with Gasteiger partial charge in [0.2, 0.25) is 21.8 Å². The third-order valence-corrected chi connectivity index (χ3v) is 7.00. The summed E-state index contributed by atoms with van der Waals surface area (Å²) in [7, 11) is -3.99. The van der Waals surface area contributed by atoms with Crippen LogP contribution >= 0.6 is 0 Å². The quantitative estimate of drug-likeness (QED) is 0.376. The molecule has 3 rings (SSSR count). The van der Waals surface area contributed by atoms with E-state index in [1.807, 2.05) is 37.3 Å². The van der Waals surface area contributed by atoms with Gasteiger partial charge < -0.3 is 10.2 Å². The van der Waals surface area contributed by atoms with Crippen molar-refractivity contribution in [3.8, 4) is 0 Å². The van der Waals surface area contributed by atoms with Crippen molar-refractivity contribution < 1.29 is 26.8 Å². The van der Waals surface area contributed by atoms with Gasteiger partial charge in [-0.25, -0.2) is 17.2 Å². The van der Waals surface area contributed by atoms with Gasteiger partial charge in [-0.2, -0.15) is 0 Å². The third kappa shape index (κ3) is 8.11. The van der Waals surface area contributed by atoms with E-state index in [-0.39, 0.29) is 18.7 Å². The number of amides is 2. The van der Waals surface area contributed by atoms with E-state index in [2.05, 4.69) is 5.32 Å². The zero-order valence-electron chi connectivity index (χ0n) is 21.3. The number of carbonyl (C=O) groups excluding carboxylic acids is 2. The maximum atomic E-state index is 13.9. The number of hydrogen-bond acceptors (Lipinski definition) is 4.